The van der Waals surface area contributed by atoms with Crippen LogP contribution in [0.4, 0.5) is 0 Å². The summed E-state index contributed by atoms with van der Waals surface area (Å²) < 4.78 is 4.52. The molecule has 0 aliphatic heterocycles. The van der Waals surface area contributed by atoms with Crippen LogP contribution in [0.1, 0.15) is 64.7 Å². The number of aliphatic hydroxyl groups excluding tert-OH is 2. The lowest BCUT2D eigenvalue weighted by molar-refractivity contribution is -0.134. The topological polar surface area (TPSA) is 66.8 Å². The van der Waals surface area contributed by atoms with Crippen LogP contribution in [0.3, 0.4) is 0 Å². The van der Waals surface area contributed by atoms with Crippen molar-refractivity contribution in [3.8, 4) is 0 Å². The predicted octanol–water partition coefficient (Wildman–Crippen LogP) is 4.08. The summed E-state index contributed by atoms with van der Waals surface area (Å²) in [6.45, 7) is 2.17. The van der Waals surface area contributed by atoms with Gasteiger partial charge < -0.3 is 14.9 Å². The molecule has 0 heterocycles. The number of esters is 1. The molecule has 2 N–H and O–H groups in total. The lowest BCUT2D eigenvalue weighted by Gasteiger charge is -2.19. The van der Waals surface area contributed by atoms with E-state index in [-0.39, 0.29) is 24.1 Å². The fourth-order valence-electron chi connectivity index (χ4n) is 3.26. The molecule has 4 nitrogen and oxygen atoms in total. The number of ether oxygens (including phenoxy) is 1. The van der Waals surface area contributed by atoms with E-state index < -0.39 is 0 Å². The van der Waals surface area contributed by atoms with Crippen molar-refractivity contribution in [2.45, 2.75) is 76.9 Å². The Morgan fingerprint density at radius 1 is 1.36 bits per heavy atom. The van der Waals surface area contributed by atoms with Crippen LogP contribution < -0.4 is 0 Å². The zero-order chi connectivity index (χ0) is 18.5. The molecular weight excluding hydrogens is 316 g/mol. The number of allylic oxidation sites excluding steroid dienone is 3. The number of hydrogen-bond donors (Lipinski definition) is 2. The van der Waals surface area contributed by atoms with Crippen LogP contribution in [0, 0.1) is 5.92 Å². The van der Waals surface area contributed by atoms with Crippen LogP contribution >= 0.6 is 0 Å². The molecule has 0 bridgehead atoms. The first kappa shape index (κ1) is 21.7. The Morgan fingerprint density at radius 3 is 2.88 bits per heavy atom. The van der Waals surface area contributed by atoms with E-state index in [4.69, 9.17) is 0 Å². The van der Waals surface area contributed by atoms with E-state index in [0.29, 0.717) is 0 Å². The SMILES string of the molecule is CCCCC[C@H](O)CCC1=CC[C@H](O)[C@@H]1CCC=CC=CC(=O)OC. The second-order valence-corrected chi connectivity index (χ2v) is 6.76. The van der Waals surface area contributed by atoms with Crippen LogP contribution in [-0.2, 0) is 9.53 Å². The number of hydrogen-bond acceptors (Lipinski definition) is 4. The first-order chi connectivity index (χ1) is 12.1. The zero-order valence-corrected chi connectivity index (χ0v) is 15.7. The van der Waals surface area contributed by atoms with E-state index in [1.54, 1.807) is 6.08 Å². The van der Waals surface area contributed by atoms with Gasteiger partial charge in [-0.15, -0.1) is 0 Å². The first-order valence-electron chi connectivity index (χ1n) is 9.54. The van der Waals surface area contributed by atoms with Crippen molar-refractivity contribution in [1.29, 1.82) is 0 Å². The minimum Gasteiger partial charge on any atom is -0.466 e. The molecule has 0 radical (unpaired) electrons. The van der Waals surface area contributed by atoms with Gasteiger partial charge in [-0.25, -0.2) is 4.79 Å². The Kier molecular flexibility index (Phi) is 11.2. The summed E-state index contributed by atoms with van der Waals surface area (Å²) in [6, 6.07) is 0. The van der Waals surface area contributed by atoms with Gasteiger partial charge >= 0.3 is 5.97 Å². The van der Waals surface area contributed by atoms with Crippen molar-refractivity contribution in [2.24, 2.45) is 5.92 Å². The normalized spacial score (nSPS) is 21.8. The molecular formula is C21H34O4. The Morgan fingerprint density at radius 2 is 2.16 bits per heavy atom. The smallest absolute Gasteiger partial charge is 0.330 e. The summed E-state index contributed by atoms with van der Waals surface area (Å²) in [7, 11) is 1.35. The van der Waals surface area contributed by atoms with Crippen molar-refractivity contribution < 1.29 is 19.7 Å². The van der Waals surface area contributed by atoms with Crippen molar-refractivity contribution in [3.63, 3.8) is 0 Å². The van der Waals surface area contributed by atoms with Crippen LogP contribution in [0.15, 0.2) is 36.0 Å². The second kappa shape index (κ2) is 12.9. The van der Waals surface area contributed by atoms with Crippen molar-refractivity contribution in [1.82, 2.24) is 0 Å². The second-order valence-electron chi connectivity index (χ2n) is 6.76. The zero-order valence-electron chi connectivity index (χ0n) is 15.7. The van der Waals surface area contributed by atoms with Crippen LogP contribution in [0.25, 0.3) is 0 Å². The molecule has 0 amide bonds. The van der Waals surface area contributed by atoms with Gasteiger partial charge in [0.25, 0.3) is 0 Å². The van der Waals surface area contributed by atoms with Crippen molar-refractivity contribution in [2.75, 3.05) is 7.11 Å². The third-order valence-electron chi connectivity index (χ3n) is 4.79. The quantitative estimate of drug-likeness (QED) is 0.183. The largest absolute Gasteiger partial charge is 0.466 e. The highest BCUT2D eigenvalue weighted by molar-refractivity contribution is 5.82. The molecule has 3 atom stereocenters. The molecule has 0 unspecified atom stereocenters. The van der Waals surface area contributed by atoms with Gasteiger partial charge in [-0.1, -0.05) is 56.1 Å². The van der Waals surface area contributed by atoms with E-state index in [2.05, 4.69) is 17.7 Å². The fraction of sp³-hybridized carbons (Fsp3) is 0.667. The fourth-order valence-corrected chi connectivity index (χ4v) is 3.26. The minimum atomic E-state index is -0.362. The molecule has 25 heavy (non-hydrogen) atoms. The molecule has 0 aromatic rings. The molecule has 0 aromatic heterocycles. The number of rotatable bonds is 12. The average molecular weight is 350 g/mol. The maximum Gasteiger partial charge on any atom is 0.330 e. The lowest BCUT2D eigenvalue weighted by atomic mass is 9.90. The van der Waals surface area contributed by atoms with E-state index in [1.807, 2.05) is 12.2 Å². The minimum absolute atomic E-state index is 0.192. The van der Waals surface area contributed by atoms with Gasteiger partial charge in [0, 0.05) is 12.0 Å². The van der Waals surface area contributed by atoms with Crippen LogP contribution in [0.2, 0.25) is 0 Å². The number of carbonyl (C=O) groups is 1. The van der Waals surface area contributed by atoms with Gasteiger partial charge in [0.05, 0.1) is 19.3 Å². The summed E-state index contributed by atoms with van der Waals surface area (Å²) in [6.07, 6.45) is 17.0. The highest BCUT2D eigenvalue weighted by Crippen LogP contribution is 2.33. The summed E-state index contributed by atoms with van der Waals surface area (Å²) in [5.74, 6) is -0.171. The van der Waals surface area contributed by atoms with Crippen LogP contribution in [-0.4, -0.2) is 35.5 Å². The van der Waals surface area contributed by atoms with Crippen LogP contribution in [0.5, 0.6) is 0 Å². The molecule has 0 saturated heterocycles. The van der Waals surface area contributed by atoms with E-state index in [1.165, 1.54) is 31.6 Å². The van der Waals surface area contributed by atoms with Gasteiger partial charge in [0.1, 0.15) is 0 Å². The third kappa shape index (κ3) is 9.03. The van der Waals surface area contributed by atoms with E-state index in [0.717, 1.165) is 44.9 Å². The molecule has 0 saturated carbocycles. The highest BCUT2D eigenvalue weighted by Gasteiger charge is 2.27. The van der Waals surface area contributed by atoms with Gasteiger partial charge in [-0.2, -0.15) is 0 Å². The number of unbranched alkanes of at least 4 members (excludes halogenated alkanes) is 2. The first-order valence-corrected chi connectivity index (χ1v) is 9.54. The van der Waals surface area contributed by atoms with Crippen molar-refractivity contribution >= 4 is 5.97 Å². The maximum atomic E-state index is 10.9. The van der Waals surface area contributed by atoms with Gasteiger partial charge in [-0.05, 0) is 38.5 Å². The molecule has 1 aliphatic carbocycles. The molecule has 142 valence electrons. The van der Waals surface area contributed by atoms with Gasteiger partial charge in [0.2, 0.25) is 0 Å². The Balaban J connectivity index is 2.32. The number of aliphatic hydroxyl groups is 2. The molecule has 0 aromatic carbocycles. The number of methoxy groups -OCH3 is 1. The van der Waals surface area contributed by atoms with Gasteiger partial charge in [-0.3, -0.25) is 0 Å². The third-order valence-corrected chi connectivity index (χ3v) is 4.79. The lowest BCUT2D eigenvalue weighted by Crippen LogP contribution is -2.17. The molecule has 0 spiro atoms. The predicted molar refractivity (Wildman–Crippen MR) is 101 cm³/mol. The Hall–Kier alpha value is -1.39. The van der Waals surface area contributed by atoms with Gasteiger partial charge in [0.15, 0.2) is 0 Å². The average Bonchev–Trinajstić information content (AvgIpc) is 2.96. The Labute approximate surface area is 152 Å². The Bertz CT molecular complexity index is 465. The standard InChI is InChI=1S/C21H34O4/c1-3-4-7-10-18(22)15-13-17-14-16-20(23)19(17)11-8-5-6-9-12-21(24)25-2/h5-6,9,12,14,18-20,22-23H,3-4,7-8,10-11,13,15-16H2,1-2H3/t18-,19+,20-/m0/s1. The monoisotopic (exact) mass is 350 g/mol. The van der Waals surface area contributed by atoms with Crippen molar-refractivity contribution in [3.05, 3.63) is 36.0 Å². The summed E-state index contributed by atoms with van der Waals surface area (Å²) in [4.78, 5) is 10.9. The molecule has 4 heteroatoms. The van der Waals surface area contributed by atoms with E-state index in [9.17, 15) is 15.0 Å². The van der Waals surface area contributed by atoms with E-state index >= 15 is 0 Å². The summed E-state index contributed by atoms with van der Waals surface area (Å²) >= 11 is 0. The molecule has 0 fully saturated rings. The number of carbonyl (C=O) groups excluding carboxylic acids is 1. The highest BCUT2D eigenvalue weighted by atomic mass is 16.5. The molecule has 1 rings (SSSR count). The molecule has 1 aliphatic rings. The summed E-state index contributed by atoms with van der Waals surface area (Å²) in [5, 5.41) is 20.3. The summed E-state index contributed by atoms with van der Waals surface area (Å²) in [5.41, 5.74) is 1.29. The maximum absolute atomic E-state index is 10.9.